The fourth-order valence-electron chi connectivity index (χ4n) is 10.8. The number of amides is 3. The van der Waals surface area contributed by atoms with E-state index in [1.807, 2.05) is 72.8 Å². The average molecular weight is 814 g/mol. The number of phenols is 1. The molecule has 10 nitrogen and oxygen atoms in total. The van der Waals surface area contributed by atoms with Crippen LogP contribution in [0.3, 0.4) is 0 Å². The maximum atomic E-state index is 14.3. The molecule has 1 saturated carbocycles. The van der Waals surface area contributed by atoms with Crippen molar-refractivity contribution in [3.8, 4) is 11.5 Å². The maximum Gasteiger partial charge on any atom is 0.255 e. The molecule has 5 heterocycles. The van der Waals surface area contributed by atoms with Crippen LogP contribution in [-0.4, -0.2) is 90.6 Å². The summed E-state index contributed by atoms with van der Waals surface area (Å²) in [6.07, 6.45) is 10.3. The molecule has 3 amide bonds. The van der Waals surface area contributed by atoms with Crippen LogP contribution in [0.4, 0.5) is 15.8 Å². The normalized spacial score (nSPS) is 23.0. The van der Waals surface area contributed by atoms with Crippen LogP contribution in [0.2, 0.25) is 0 Å². The van der Waals surface area contributed by atoms with Gasteiger partial charge in [0.05, 0.1) is 24.0 Å². The van der Waals surface area contributed by atoms with Crippen molar-refractivity contribution in [3.05, 3.63) is 119 Å². The molecule has 4 fully saturated rings. The number of aromatic hydroxyl groups is 1. The third-order valence-corrected chi connectivity index (χ3v) is 13.9. The van der Waals surface area contributed by atoms with E-state index in [1.165, 1.54) is 43.2 Å². The van der Waals surface area contributed by atoms with Crippen LogP contribution >= 0.6 is 0 Å². The first kappa shape index (κ1) is 40.0. The highest BCUT2D eigenvalue weighted by atomic mass is 19.1. The summed E-state index contributed by atoms with van der Waals surface area (Å²) in [5, 5.41) is 11.6. The van der Waals surface area contributed by atoms with Gasteiger partial charge in [0, 0.05) is 56.8 Å². The number of piperazine rings is 1. The smallest absolute Gasteiger partial charge is 0.255 e. The number of hydrogen-bond acceptors (Lipinski definition) is 8. The Balaban J connectivity index is 0.000000224. The Morgan fingerprint density at radius 1 is 0.783 bits per heavy atom. The molecule has 1 spiro atoms. The zero-order valence-electron chi connectivity index (χ0n) is 34.4. The van der Waals surface area contributed by atoms with Gasteiger partial charge in [-0.1, -0.05) is 54.6 Å². The van der Waals surface area contributed by atoms with Crippen molar-refractivity contribution in [3.63, 3.8) is 0 Å². The van der Waals surface area contributed by atoms with Crippen molar-refractivity contribution in [2.75, 3.05) is 55.7 Å². The summed E-state index contributed by atoms with van der Waals surface area (Å²) in [4.78, 5) is 46.2. The number of fused-ring (bicyclic) bond motifs is 6. The van der Waals surface area contributed by atoms with Crippen LogP contribution in [0.1, 0.15) is 78.4 Å². The number of rotatable bonds is 4. The highest BCUT2D eigenvalue weighted by molar-refractivity contribution is 6.06. The van der Waals surface area contributed by atoms with Gasteiger partial charge in [0.15, 0.2) is 0 Å². The number of nitrogens with one attached hydrogen (secondary N) is 1. The number of aryl methyl sites for hydroxylation is 2. The van der Waals surface area contributed by atoms with Gasteiger partial charge in [0.1, 0.15) is 30.0 Å². The van der Waals surface area contributed by atoms with Gasteiger partial charge in [-0.05, 0) is 117 Å². The number of ether oxygens (including phenoxy) is 1. The van der Waals surface area contributed by atoms with Gasteiger partial charge in [-0.3, -0.25) is 24.6 Å². The first-order chi connectivity index (χ1) is 29.2. The van der Waals surface area contributed by atoms with Crippen LogP contribution in [0, 0.1) is 17.2 Å². The molecule has 11 heteroatoms. The van der Waals surface area contributed by atoms with Gasteiger partial charge in [0.2, 0.25) is 11.8 Å². The average Bonchev–Trinajstić information content (AvgIpc) is 3.60. The SMILES string of the molecule is O=C1CCC(N2Cc3c(ccc4c3OCC3CN(CC5CC6(CCN(c7ccccc7F)CC6)C5)CCN43)C2=O)C(=O)N1.Oc1ccc2c(c1)CCCC2.c1ccccc1. The van der Waals surface area contributed by atoms with E-state index in [-0.39, 0.29) is 30.1 Å². The summed E-state index contributed by atoms with van der Waals surface area (Å²) in [5.74, 6) is 0.933. The number of carbonyl (C=O) groups is 3. The number of piperidine rings is 2. The number of nitrogens with zero attached hydrogens (tertiary/aromatic N) is 4. The molecule has 4 aromatic carbocycles. The van der Waals surface area contributed by atoms with Gasteiger partial charge < -0.3 is 24.5 Å². The standard InChI is InChI=1S/C33H38FN5O4.C10H12O.C6H6/c34-25-3-1-2-4-26(25)37-11-9-33(10-12-37)15-21(16-33)17-36-13-14-38-22(18-36)20-43-30-24-19-39(28-7-8-29(40)35-31(28)41)32(42)23(24)5-6-27(30)38;11-10-6-5-8-3-1-2-4-9(8)7-10;1-2-4-6-5-3-1/h1-6,21-22,28H,7-20H2,(H,35,40,41);5-7,11H,1-4H2;1-6H. The van der Waals surface area contributed by atoms with E-state index in [4.69, 9.17) is 4.74 Å². The van der Waals surface area contributed by atoms with Crippen molar-refractivity contribution in [2.24, 2.45) is 11.3 Å². The summed E-state index contributed by atoms with van der Waals surface area (Å²) in [7, 11) is 0. The van der Waals surface area contributed by atoms with Crippen molar-refractivity contribution in [1.29, 1.82) is 0 Å². The summed E-state index contributed by atoms with van der Waals surface area (Å²) < 4.78 is 20.6. The molecule has 4 aromatic rings. The van der Waals surface area contributed by atoms with Crippen LogP contribution in [-0.2, 0) is 29.0 Å². The molecule has 0 aromatic heterocycles. The highest BCUT2D eigenvalue weighted by Crippen LogP contribution is 2.53. The van der Waals surface area contributed by atoms with Crippen molar-refractivity contribution in [1.82, 2.24) is 15.1 Å². The van der Waals surface area contributed by atoms with E-state index in [0.717, 1.165) is 87.1 Å². The van der Waals surface area contributed by atoms with Crippen LogP contribution < -0.4 is 19.9 Å². The number of phenolic OH excluding ortho intramolecular Hbond substituents is 1. The van der Waals surface area contributed by atoms with Crippen LogP contribution in [0.15, 0.2) is 91.0 Å². The number of carbonyl (C=O) groups excluding carboxylic acids is 3. The minimum Gasteiger partial charge on any atom is -0.508 e. The van der Waals surface area contributed by atoms with Crippen LogP contribution in [0.5, 0.6) is 11.5 Å². The topological polar surface area (TPSA) is 106 Å². The first-order valence-corrected chi connectivity index (χ1v) is 22.0. The second kappa shape index (κ2) is 17.3. The predicted molar refractivity (Wildman–Crippen MR) is 230 cm³/mol. The highest BCUT2D eigenvalue weighted by Gasteiger charge is 2.47. The maximum absolute atomic E-state index is 14.3. The third-order valence-electron chi connectivity index (χ3n) is 13.9. The summed E-state index contributed by atoms with van der Waals surface area (Å²) >= 11 is 0. The van der Waals surface area contributed by atoms with Crippen molar-refractivity contribution >= 4 is 29.1 Å². The van der Waals surface area contributed by atoms with E-state index in [1.54, 1.807) is 23.1 Å². The molecule has 0 bridgehead atoms. The summed E-state index contributed by atoms with van der Waals surface area (Å²) in [6.45, 7) is 6.78. The second-order valence-electron chi connectivity index (χ2n) is 17.8. The van der Waals surface area contributed by atoms with Gasteiger partial charge in [-0.15, -0.1) is 0 Å². The van der Waals surface area contributed by atoms with E-state index in [2.05, 4.69) is 20.0 Å². The molecule has 2 aliphatic carbocycles. The second-order valence-corrected chi connectivity index (χ2v) is 17.8. The number of imide groups is 1. The summed E-state index contributed by atoms with van der Waals surface area (Å²) in [6, 6.07) is 28.4. The van der Waals surface area contributed by atoms with E-state index in [0.29, 0.717) is 36.3 Å². The molecule has 314 valence electrons. The Kier molecular flexibility index (Phi) is 11.5. The third kappa shape index (κ3) is 8.33. The zero-order chi connectivity index (χ0) is 41.2. The lowest BCUT2D eigenvalue weighted by molar-refractivity contribution is -0.136. The lowest BCUT2D eigenvalue weighted by Gasteiger charge is -2.54. The first-order valence-electron chi connectivity index (χ1n) is 22.0. The minimum atomic E-state index is -0.627. The fourth-order valence-corrected chi connectivity index (χ4v) is 10.8. The number of anilines is 2. The van der Waals surface area contributed by atoms with Crippen molar-refractivity contribution < 1.29 is 28.6 Å². The van der Waals surface area contributed by atoms with Gasteiger partial charge in [-0.25, -0.2) is 4.39 Å². The monoisotopic (exact) mass is 813 g/mol. The molecule has 60 heavy (non-hydrogen) atoms. The largest absolute Gasteiger partial charge is 0.508 e. The van der Waals surface area contributed by atoms with Crippen molar-refractivity contribution in [2.45, 2.75) is 82.8 Å². The Labute approximate surface area is 352 Å². The van der Waals surface area contributed by atoms with Crippen LogP contribution in [0.25, 0.3) is 0 Å². The zero-order valence-corrected chi connectivity index (χ0v) is 34.4. The van der Waals surface area contributed by atoms with Gasteiger partial charge >= 0.3 is 0 Å². The Morgan fingerprint density at radius 3 is 2.25 bits per heavy atom. The van der Waals surface area contributed by atoms with Gasteiger partial charge in [0.25, 0.3) is 5.91 Å². The number of benzene rings is 4. The molecule has 2 atom stereocenters. The summed E-state index contributed by atoms with van der Waals surface area (Å²) in [5.41, 5.74) is 6.43. The Hall–Kier alpha value is -5.42. The molecule has 2 unspecified atom stereocenters. The quantitative estimate of drug-likeness (QED) is 0.210. The molecule has 11 rings (SSSR count). The number of para-hydroxylation sites is 1. The lowest BCUT2D eigenvalue weighted by atomic mass is 9.57. The van der Waals surface area contributed by atoms with E-state index >= 15 is 0 Å². The lowest BCUT2D eigenvalue weighted by Crippen LogP contribution is -2.59. The molecular weight excluding hydrogens is 758 g/mol. The number of hydrogen-bond donors (Lipinski definition) is 2. The molecule has 3 saturated heterocycles. The van der Waals surface area contributed by atoms with E-state index < -0.39 is 11.9 Å². The molecule has 5 aliphatic heterocycles. The fraction of sp³-hybridized carbons (Fsp3) is 0.449. The number of halogens is 1. The molecular formula is C49H56FN5O5. The minimum absolute atomic E-state index is 0.120. The molecule has 7 aliphatic rings. The molecule has 2 N–H and O–H groups in total. The van der Waals surface area contributed by atoms with Gasteiger partial charge in [-0.2, -0.15) is 0 Å². The Bertz CT molecular complexity index is 2170. The Morgan fingerprint density at radius 2 is 1.52 bits per heavy atom. The van der Waals surface area contributed by atoms with E-state index in [9.17, 15) is 23.9 Å². The predicted octanol–water partition coefficient (Wildman–Crippen LogP) is 7.12. The molecule has 0 radical (unpaired) electrons.